The highest BCUT2D eigenvalue weighted by Crippen LogP contribution is 2.36. The molecule has 120 valence electrons. The zero-order chi connectivity index (χ0) is 16.7. The summed E-state index contributed by atoms with van der Waals surface area (Å²) in [6.07, 6.45) is 4.97. The van der Waals surface area contributed by atoms with Crippen molar-refractivity contribution >= 4 is 23.4 Å². The van der Waals surface area contributed by atoms with Crippen molar-refractivity contribution in [3.63, 3.8) is 0 Å². The van der Waals surface area contributed by atoms with Gasteiger partial charge in [-0.25, -0.2) is 4.79 Å². The molecule has 2 amide bonds. The molecule has 2 aromatic carbocycles. The standard InChI is InChI=1S/C21H20N2O/c1-3-14-7-5-6-8-19(14)18(4-2)16-11-15-9-10-23-20(15)17(12-16)13-22-21(23)24/h3-8,11-12H,2,9-10,13H2,1H3,(H,22,24)/b14-3-,19-18+. The molecule has 24 heavy (non-hydrogen) atoms. The van der Waals surface area contributed by atoms with E-state index in [1.54, 1.807) is 0 Å². The van der Waals surface area contributed by atoms with Crippen LogP contribution in [0.25, 0.3) is 11.6 Å². The number of benzene rings is 2. The van der Waals surface area contributed by atoms with Gasteiger partial charge >= 0.3 is 6.03 Å². The number of urea groups is 1. The number of carbonyl (C=O) groups is 1. The van der Waals surface area contributed by atoms with Crippen LogP contribution in [-0.4, -0.2) is 12.6 Å². The third-order valence-corrected chi connectivity index (χ3v) is 4.89. The number of hydrogen-bond donors (Lipinski definition) is 1. The number of anilines is 1. The average Bonchev–Trinajstić information content (AvgIpc) is 3.05. The summed E-state index contributed by atoms with van der Waals surface area (Å²) >= 11 is 0. The topological polar surface area (TPSA) is 32.3 Å². The first-order chi connectivity index (χ1) is 11.7. The van der Waals surface area contributed by atoms with Crippen molar-refractivity contribution in [2.24, 2.45) is 0 Å². The van der Waals surface area contributed by atoms with Crippen molar-refractivity contribution in [3.05, 3.63) is 76.2 Å². The van der Waals surface area contributed by atoms with E-state index in [1.807, 2.05) is 11.0 Å². The van der Waals surface area contributed by atoms with E-state index in [-0.39, 0.29) is 6.03 Å². The summed E-state index contributed by atoms with van der Waals surface area (Å²) in [5.74, 6) is 0. The van der Waals surface area contributed by atoms with Gasteiger partial charge in [0, 0.05) is 13.1 Å². The van der Waals surface area contributed by atoms with E-state index in [0.29, 0.717) is 6.54 Å². The first-order valence-corrected chi connectivity index (χ1v) is 8.32. The minimum atomic E-state index is 0.0212. The van der Waals surface area contributed by atoms with Crippen LogP contribution in [0.2, 0.25) is 0 Å². The summed E-state index contributed by atoms with van der Waals surface area (Å²) in [7, 11) is 0. The van der Waals surface area contributed by atoms with Crippen molar-refractivity contribution in [3.8, 4) is 0 Å². The molecule has 0 saturated heterocycles. The van der Waals surface area contributed by atoms with Crippen LogP contribution in [0.4, 0.5) is 10.5 Å². The zero-order valence-corrected chi connectivity index (χ0v) is 13.8. The number of hydrogen-bond acceptors (Lipinski definition) is 1. The lowest BCUT2D eigenvalue weighted by Gasteiger charge is -2.26. The van der Waals surface area contributed by atoms with Gasteiger partial charge in [0.15, 0.2) is 0 Å². The third-order valence-electron chi connectivity index (χ3n) is 4.89. The summed E-state index contributed by atoms with van der Waals surface area (Å²) in [6.45, 7) is 7.46. The Bertz CT molecular complexity index is 972. The Balaban J connectivity index is 1.99. The van der Waals surface area contributed by atoms with Gasteiger partial charge in [-0.2, -0.15) is 0 Å². The zero-order valence-electron chi connectivity index (χ0n) is 13.8. The fourth-order valence-electron chi connectivity index (χ4n) is 3.78. The summed E-state index contributed by atoms with van der Waals surface area (Å²) in [4.78, 5) is 13.9. The number of amides is 2. The summed E-state index contributed by atoms with van der Waals surface area (Å²) in [5.41, 5.74) is 5.87. The minimum Gasteiger partial charge on any atom is -0.334 e. The van der Waals surface area contributed by atoms with Crippen LogP contribution in [0.15, 0.2) is 49.1 Å². The average molecular weight is 316 g/mol. The maximum atomic E-state index is 12.0. The number of allylic oxidation sites excluding steroid dienone is 1. The highest BCUT2D eigenvalue weighted by Gasteiger charge is 2.31. The SMILES string of the molecule is C=C/C(c1cc2c3c(c1)CNC(=O)N3CC2)=c1/cccc/c1=C/C. The molecule has 0 unspecified atom stereocenters. The lowest BCUT2D eigenvalue weighted by Crippen LogP contribution is -2.42. The van der Waals surface area contributed by atoms with Crippen molar-refractivity contribution in [2.45, 2.75) is 19.9 Å². The van der Waals surface area contributed by atoms with Crippen LogP contribution in [-0.2, 0) is 13.0 Å². The molecule has 4 rings (SSSR count). The van der Waals surface area contributed by atoms with Crippen LogP contribution >= 0.6 is 0 Å². The van der Waals surface area contributed by atoms with Gasteiger partial charge in [-0.3, -0.25) is 4.90 Å². The van der Waals surface area contributed by atoms with Gasteiger partial charge in [0.05, 0.1) is 5.69 Å². The summed E-state index contributed by atoms with van der Waals surface area (Å²) in [5, 5.41) is 5.36. The van der Waals surface area contributed by atoms with Crippen molar-refractivity contribution in [2.75, 3.05) is 11.4 Å². The summed E-state index contributed by atoms with van der Waals surface area (Å²) in [6, 6.07) is 12.8. The molecule has 0 radical (unpaired) electrons. The number of carbonyl (C=O) groups excluding carboxylic acids is 1. The van der Waals surface area contributed by atoms with E-state index >= 15 is 0 Å². The molecule has 0 aromatic heterocycles. The summed E-state index contributed by atoms with van der Waals surface area (Å²) < 4.78 is 0. The van der Waals surface area contributed by atoms with E-state index in [9.17, 15) is 4.79 Å². The van der Waals surface area contributed by atoms with Crippen LogP contribution in [0, 0.1) is 0 Å². The second-order valence-electron chi connectivity index (χ2n) is 6.20. The molecule has 2 aromatic rings. The fourth-order valence-corrected chi connectivity index (χ4v) is 3.78. The number of nitrogens with one attached hydrogen (secondary N) is 1. The predicted octanol–water partition coefficient (Wildman–Crippen LogP) is 2.46. The quantitative estimate of drug-likeness (QED) is 0.907. The Morgan fingerprint density at radius 1 is 1.25 bits per heavy atom. The second kappa shape index (κ2) is 5.68. The van der Waals surface area contributed by atoms with Crippen molar-refractivity contribution < 1.29 is 4.79 Å². The molecule has 3 heteroatoms. The lowest BCUT2D eigenvalue weighted by molar-refractivity contribution is 0.245. The van der Waals surface area contributed by atoms with Gasteiger partial charge in [-0.05, 0) is 58.2 Å². The molecule has 2 heterocycles. The van der Waals surface area contributed by atoms with Crippen molar-refractivity contribution in [1.29, 1.82) is 0 Å². The van der Waals surface area contributed by atoms with E-state index in [4.69, 9.17) is 0 Å². The minimum absolute atomic E-state index is 0.0212. The largest absolute Gasteiger partial charge is 0.334 e. The van der Waals surface area contributed by atoms with Gasteiger partial charge in [0.1, 0.15) is 0 Å². The van der Waals surface area contributed by atoms with E-state index in [1.165, 1.54) is 27.1 Å². The maximum absolute atomic E-state index is 12.0. The molecule has 0 spiro atoms. The van der Waals surface area contributed by atoms with Gasteiger partial charge < -0.3 is 5.32 Å². The Kier molecular flexibility index (Phi) is 3.49. The van der Waals surface area contributed by atoms with Gasteiger partial charge in [0.2, 0.25) is 0 Å². The van der Waals surface area contributed by atoms with Crippen LogP contribution in [0.3, 0.4) is 0 Å². The Morgan fingerprint density at radius 3 is 2.83 bits per heavy atom. The van der Waals surface area contributed by atoms with E-state index < -0.39 is 0 Å². The van der Waals surface area contributed by atoms with Crippen LogP contribution in [0.1, 0.15) is 23.6 Å². The highest BCUT2D eigenvalue weighted by atomic mass is 16.2. The Labute approximate surface area is 141 Å². The molecular weight excluding hydrogens is 296 g/mol. The second-order valence-corrected chi connectivity index (χ2v) is 6.20. The van der Waals surface area contributed by atoms with E-state index in [0.717, 1.165) is 24.2 Å². The molecule has 2 aliphatic rings. The van der Waals surface area contributed by atoms with Crippen LogP contribution in [0.5, 0.6) is 0 Å². The van der Waals surface area contributed by atoms with Gasteiger partial charge in [-0.1, -0.05) is 43.0 Å². The van der Waals surface area contributed by atoms with Crippen molar-refractivity contribution in [1.82, 2.24) is 5.32 Å². The molecule has 2 aliphatic heterocycles. The van der Waals surface area contributed by atoms with E-state index in [2.05, 4.69) is 61.3 Å². The smallest absolute Gasteiger partial charge is 0.322 e. The normalized spacial score (nSPS) is 17.5. The third kappa shape index (κ3) is 2.16. The van der Waals surface area contributed by atoms with Crippen LogP contribution < -0.4 is 20.7 Å². The molecule has 0 bridgehead atoms. The molecule has 0 atom stereocenters. The molecule has 0 saturated carbocycles. The first-order valence-electron chi connectivity index (χ1n) is 8.32. The predicted molar refractivity (Wildman–Crippen MR) is 98.3 cm³/mol. The molecule has 0 aliphatic carbocycles. The molecule has 0 fully saturated rings. The Morgan fingerprint density at radius 2 is 2.04 bits per heavy atom. The highest BCUT2D eigenvalue weighted by molar-refractivity contribution is 5.97. The fraction of sp³-hybridized carbons (Fsp3) is 0.190. The molecule has 3 nitrogen and oxygen atoms in total. The monoisotopic (exact) mass is 316 g/mol. The number of nitrogens with zero attached hydrogens (tertiary/aromatic N) is 1. The molecular formula is C21H20N2O. The van der Waals surface area contributed by atoms with Gasteiger partial charge in [-0.15, -0.1) is 0 Å². The first kappa shape index (κ1) is 14.8. The van der Waals surface area contributed by atoms with Gasteiger partial charge in [0.25, 0.3) is 0 Å². The maximum Gasteiger partial charge on any atom is 0.322 e. The molecule has 1 N–H and O–H groups in total. The Hall–Kier alpha value is -2.81. The number of rotatable bonds is 2. The lowest BCUT2D eigenvalue weighted by atomic mass is 9.95.